The molecule has 4 aromatic rings. The van der Waals surface area contributed by atoms with Crippen molar-refractivity contribution >= 4 is 53.1 Å². The number of hydrogen-bond donors (Lipinski definition) is 3. The van der Waals surface area contributed by atoms with E-state index in [0.717, 1.165) is 11.1 Å². The summed E-state index contributed by atoms with van der Waals surface area (Å²) in [6.45, 7) is 7.65. The van der Waals surface area contributed by atoms with Gasteiger partial charge in [-0.15, -0.1) is 0 Å². The zero-order chi connectivity index (χ0) is 36.0. The summed E-state index contributed by atoms with van der Waals surface area (Å²) in [5.41, 5.74) is 3.65. The van der Waals surface area contributed by atoms with Crippen molar-refractivity contribution in [2.45, 2.75) is 58.7 Å². The summed E-state index contributed by atoms with van der Waals surface area (Å²) in [7, 11) is 0. The highest BCUT2D eigenvalue weighted by Gasteiger charge is 2.28. The van der Waals surface area contributed by atoms with E-state index in [-0.39, 0.29) is 36.4 Å². The SMILES string of the molecule is Cc1c(NC(=O)c2ccc(C=O)cn2)cccc1-c1cccc(NC(=O)c2ccc(CN(C[C@@H]3CCC(=O)N3)C(=O)OC(C)(C)C)cn2)c1Cl. The van der Waals surface area contributed by atoms with Crippen LogP contribution in [0.3, 0.4) is 0 Å². The highest BCUT2D eigenvalue weighted by atomic mass is 35.5. The average molecular weight is 697 g/mol. The maximum Gasteiger partial charge on any atom is 0.410 e. The van der Waals surface area contributed by atoms with Crippen LogP contribution in [0.5, 0.6) is 0 Å². The number of aromatic nitrogens is 2. The lowest BCUT2D eigenvalue weighted by molar-refractivity contribution is -0.119. The molecular weight excluding hydrogens is 660 g/mol. The molecule has 0 unspecified atom stereocenters. The van der Waals surface area contributed by atoms with Gasteiger partial charge in [-0.25, -0.2) is 4.79 Å². The lowest BCUT2D eigenvalue weighted by Crippen LogP contribution is -2.43. The van der Waals surface area contributed by atoms with Crippen molar-refractivity contribution in [2.75, 3.05) is 17.2 Å². The topological polar surface area (TPSA) is 160 Å². The lowest BCUT2D eigenvalue weighted by Gasteiger charge is -2.29. The molecule has 0 radical (unpaired) electrons. The van der Waals surface area contributed by atoms with Crippen LogP contribution in [0.25, 0.3) is 11.1 Å². The van der Waals surface area contributed by atoms with Crippen LogP contribution in [0.15, 0.2) is 73.1 Å². The number of nitrogens with one attached hydrogen (secondary N) is 3. The largest absolute Gasteiger partial charge is 0.444 e. The molecule has 0 saturated carbocycles. The first kappa shape index (κ1) is 35.7. The molecule has 0 aliphatic carbocycles. The number of anilines is 2. The Morgan fingerprint density at radius 3 is 2.16 bits per heavy atom. The van der Waals surface area contributed by atoms with E-state index in [2.05, 4.69) is 25.9 Å². The molecule has 1 atom stereocenters. The van der Waals surface area contributed by atoms with Gasteiger partial charge in [0.05, 0.1) is 17.3 Å². The Kier molecular flexibility index (Phi) is 10.9. The summed E-state index contributed by atoms with van der Waals surface area (Å²) >= 11 is 6.83. The number of hydrogen-bond acceptors (Lipinski definition) is 8. The number of ether oxygens (including phenoxy) is 1. The number of carbonyl (C=O) groups is 5. The van der Waals surface area contributed by atoms with Gasteiger partial charge < -0.3 is 25.6 Å². The fraction of sp³-hybridized carbons (Fsp3) is 0.270. The van der Waals surface area contributed by atoms with Crippen LogP contribution in [0.4, 0.5) is 16.2 Å². The molecule has 3 heterocycles. The maximum absolute atomic E-state index is 13.3. The molecule has 1 aliphatic rings. The van der Waals surface area contributed by atoms with Gasteiger partial charge in [0.2, 0.25) is 5.91 Å². The number of carbonyl (C=O) groups excluding carboxylic acids is 5. The molecule has 1 aliphatic heterocycles. The molecule has 2 aromatic carbocycles. The molecule has 12 nitrogen and oxygen atoms in total. The number of amides is 4. The number of nitrogens with zero attached hydrogens (tertiary/aromatic N) is 3. The maximum atomic E-state index is 13.3. The van der Waals surface area contributed by atoms with E-state index in [1.54, 1.807) is 57.2 Å². The monoisotopic (exact) mass is 696 g/mol. The minimum absolute atomic E-state index is 0.0490. The second-order valence-corrected chi connectivity index (χ2v) is 13.2. The second-order valence-electron chi connectivity index (χ2n) is 12.9. The molecular formula is C37H37ClN6O6. The summed E-state index contributed by atoms with van der Waals surface area (Å²) in [4.78, 5) is 71.7. The third kappa shape index (κ3) is 8.88. The molecule has 13 heteroatoms. The van der Waals surface area contributed by atoms with Crippen molar-refractivity contribution in [3.63, 3.8) is 0 Å². The molecule has 5 rings (SSSR count). The summed E-state index contributed by atoms with van der Waals surface area (Å²) in [6.07, 6.45) is 4.02. The molecule has 258 valence electrons. The standard InChI is InChI=1S/C37H37ClN6O6/c1-22-26(7-5-9-28(22)42-34(47)31-15-12-24(21-45)18-40-31)27-8-6-10-29(33(27)38)43-35(48)30-14-11-23(17-39-30)19-44(36(49)50-37(2,3)4)20-25-13-16-32(46)41-25/h5-12,14-15,17-18,21,25H,13,16,19-20H2,1-4H3,(H,41,46)(H,42,47)(H,43,48)/t25-/m0/s1. The minimum Gasteiger partial charge on any atom is -0.444 e. The van der Waals surface area contributed by atoms with E-state index >= 15 is 0 Å². The summed E-state index contributed by atoms with van der Waals surface area (Å²) in [5.74, 6) is -0.973. The Bertz CT molecular complexity index is 1920. The van der Waals surface area contributed by atoms with Crippen molar-refractivity contribution in [1.29, 1.82) is 0 Å². The van der Waals surface area contributed by atoms with Crippen LogP contribution in [-0.4, -0.2) is 63.2 Å². The Morgan fingerprint density at radius 1 is 0.940 bits per heavy atom. The molecule has 1 saturated heterocycles. The summed E-state index contributed by atoms with van der Waals surface area (Å²) in [5, 5.41) is 8.86. The lowest BCUT2D eigenvalue weighted by atomic mass is 9.98. The van der Waals surface area contributed by atoms with Gasteiger partial charge in [0, 0.05) is 48.2 Å². The Morgan fingerprint density at radius 2 is 1.58 bits per heavy atom. The number of rotatable bonds is 10. The minimum atomic E-state index is -0.700. The van der Waals surface area contributed by atoms with Gasteiger partial charge in [0.25, 0.3) is 11.8 Å². The Balaban J connectivity index is 1.28. The van der Waals surface area contributed by atoms with Gasteiger partial charge in [0.1, 0.15) is 17.0 Å². The smallest absolute Gasteiger partial charge is 0.410 e. The van der Waals surface area contributed by atoms with E-state index in [1.165, 1.54) is 29.4 Å². The van der Waals surface area contributed by atoms with E-state index in [0.29, 0.717) is 52.2 Å². The zero-order valence-corrected chi connectivity index (χ0v) is 28.8. The average Bonchev–Trinajstić information content (AvgIpc) is 3.50. The Labute approximate surface area is 294 Å². The van der Waals surface area contributed by atoms with Crippen LogP contribution in [0, 0.1) is 6.92 Å². The van der Waals surface area contributed by atoms with Crippen molar-refractivity contribution in [2.24, 2.45) is 0 Å². The van der Waals surface area contributed by atoms with Gasteiger partial charge in [-0.3, -0.25) is 29.1 Å². The predicted molar refractivity (Wildman–Crippen MR) is 189 cm³/mol. The van der Waals surface area contributed by atoms with Gasteiger partial charge in [-0.05, 0) is 81.1 Å². The second kappa shape index (κ2) is 15.3. The number of pyridine rings is 2. The zero-order valence-electron chi connectivity index (χ0n) is 28.1. The number of benzene rings is 2. The number of halogens is 1. The van der Waals surface area contributed by atoms with Gasteiger partial charge in [0.15, 0.2) is 6.29 Å². The first-order chi connectivity index (χ1) is 23.8. The summed E-state index contributed by atoms with van der Waals surface area (Å²) < 4.78 is 5.59. The van der Waals surface area contributed by atoms with Gasteiger partial charge >= 0.3 is 6.09 Å². The molecule has 2 aromatic heterocycles. The first-order valence-electron chi connectivity index (χ1n) is 16.0. The van der Waals surface area contributed by atoms with Crippen molar-refractivity contribution in [1.82, 2.24) is 20.2 Å². The van der Waals surface area contributed by atoms with E-state index < -0.39 is 23.5 Å². The van der Waals surface area contributed by atoms with Crippen LogP contribution >= 0.6 is 11.6 Å². The van der Waals surface area contributed by atoms with Crippen LogP contribution < -0.4 is 16.0 Å². The van der Waals surface area contributed by atoms with Crippen molar-refractivity contribution in [3.05, 3.63) is 106 Å². The van der Waals surface area contributed by atoms with Crippen molar-refractivity contribution < 1.29 is 28.7 Å². The molecule has 3 N–H and O–H groups in total. The van der Waals surface area contributed by atoms with Crippen LogP contribution in [-0.2, 0) is 16.1 Å². The predicted octanol–water partition coefficient (Wildman–Crippen LogP) is 6.44. The van der Waals surface area contributed by atoms with E-state index in [9.17, 15) is 24.0 Å². The third-order valence-corrected chi connectivity index (χ3v) is 8.29. The van der Waals surface area contributed by atoms with Gasteiger partial charge in [-0.2, -0.15) is 0 Å². The van der Waals surface area contributed by atoms with E-state index in [1.807, 2.05) is 19.1 Å². The molecule has 0 bridgehead atoms. The first-order valence-corrected chi connectivity index (χ1v) is 16.3. The number of aldehydes is 1. The van der Waals surface area contributed by atoms with Gasteiger partial charge in [-0.1, -0.05) is 41.9 Å². The van der Waals surface area contributed by atoms with Crippen molar-refractivity contribution in [3.8, 4) is 11.1 Å². The highest BCUT2D eigenvalue weighted by molar-refractivity contribution is 6.36. The molecule has 0 spiro atoms. The molecule has 50 heavy (non-hydrogen) atoms. The fourth-order valence-corrected chi connectivity index (χ4v) is 5.64. The summed E-state index contributed by atoms with van der Waals surface area (Å²) in [6, 6.07) is 16.7. The van der Waals surface area contributed by atoms with Crippen LogP contribution in [0.1, 0.15) is 76.1 Å². The highest BCUT2D eigenvalue weighted by Crippen LogP contribution is 2.37. The molecule has 1 fully saturated rings. The normalized spacial score (nSPS) is 14.0. The quantitative estimate of drug-likeness (QED) is 0.160. The fourth-order valence-electron chi connectivity index (χ4n) is 5.36. The Hall–Kier alpha value is -5.62. The van der Waals surface area contributed by atoms with E-state index in [4.69, 9.17) is 16.3 Å². The van der Waals surface area contributed by atoms with Crippen LogP contribution in [0.2, 0.25) is 5.02 Å². The molecule has 4 amide bonds. The third-order valence-electron chi connectivity index (χ3n) is 7.88.